The van der Waals surface area contributed by atoms with E-state index in [1.165, 1.54) is 18.2 Å². The maximum atomic E-state index is 12.0. The van der Waals surface area contributed by atoms with Crippen molar-refractivity contribution in [3.63, 3.8) is 0 Å². The molecule has 0 saturated carbocycles. The molecule has 7 heteroatoms. The van der Waals surface area contributed by atoms with Gasteiger partial charge in [-0.2, -0.15) is 0 Å². The number of nitro groups is 1. The van der Waals surface area contributed by atoms with Crippen LogP contribution in [0.3, 0.4) is 0 Å². The average Bonchev–Trinajstić information content (AvgIpc) is 2.91. The Labute approximate surface area is 121 Å². The molecular weight excluding hydrogens is 282 g/mol. The smallest absolute Gasteiger partial charge is 0.283 e. The number of carbonyl (C=O) groups is 1. The highest BCUT2D eigenvalue weighted by Gasteiger charge is 2.21. The number of nitrogens with zero attached hydrogens (tertiary/aromatic N) is 1. The van der Waals surface area contributed by atoms with Gasteiger partial charge in [-0.05, 0) is 37.9 Å². The molecule has 2 N–H and O–H groups in total. The first kappa shape index (κ1) is 14.7. The van der Waals surface area contributed by atoms with Gasteiger partial charge in [0.15, 0.2) is 0 Å². The molecule has 6 nitrogen and oxygen atoms in total. The maximum Gasteiger partial charge on any atom is 0.283 e. The highest BCUT2D eigenvalue weighted by atomic mass is 35.5. The van der Waals surface area contributed by atoms with Crippen molar-refractivity contribution in [3.8, 4) is 0 Å². The monoisotopic (exact) mass is 297 g/mol. The summed E-state index contributed by atoms with van der Waals surface area (Å²) in [6, 6.07) is 4.47. The number of hydrogen-bond donors (Lipinski definition) is 2. The predicted molar refractivity (Wildman–Crippen MR) is 76.1 cm³/mol. The first-order valence-electron chi connectivity index (χ1n) is 6.53. The summed E-state index contributed by atoms with van der Waals surface area (Å²) in [7, 11) is 0. The Morgan fingerprint density at radius 2 is 2.35 bits per heavy atom. The van der Waals surface area contributed by atoms with Gasteiger partial charge in [-0.15, -0.1) is 0 Å². The lowest BCUT2D eigenvalue weighted by atomic mass is 10.1. The fourth-order valence-electron chi connectivity index (χ4n) is 2.31. The fraction of sp³-hybridized carbons (Fsp3) is 0.462. The second kappa shape index (κ2) is 6.67. The molecule has 1 saturated heterocycles. The van der Waals surface area contributed by atoms with Crippen molar-refractivity contribution in [1.82, 2.24) is 10.6 Å². The Bertz CT molecular complexity index is 516. The molecule has 0 aromatic heterocycles. The van der Waals surface area contributed by atoms with Crippen molar-refractivity contribution in [2.24, 2.45) is 0 Å². The molecule has 1 aliphatic rings. The van der Waals surface area contributed by atoms with Gasteiger partial charge in [0.05, 0.1) is 4.92 Å². The minimum absolute atomic E-state index is 0.0405. The Hall–Kier alpha value is -1.66. The Morgan fingerprint density at radius 1 is 1.55 bits per heavy atom. The fourth-order valence-corrected chi connectivity index (χ4v) is 2.47. The van der Waals surface area contributed by atoms with E-state index in [1.54, 1.807) is 0 Å². The molecule has 1 atom stereocenters. The molecule has 0 bridgehead atoms. The molecule has 1 aliphatic heterocycles. The first-order valence-corrected chi connectivity index (χ1v) is 6.91. The van der Waals surface area contributed by atoms with Gasteiger partial charge in [0.1, 0.15) is 5.56 Å². The minimum atomic E-state index is -0.598. The number of rotatable bonds is 5. The van der Waals surface area contributed by atoms with Gasteiger partial charge in [-0.25, -0.2) is 0 Å². The van der Waals surface area contributed by atoms with Crippen molar-refractivity contribution in [1.29, 1.82) is 0 Å². The van der Waals surface area contributed by atoms with Crippen molar-refractivity contribution in [2.75, 3.05) is 13.1 Å². The van der Waals surface area contributed by atoms with Crippen LogP contribution in [0.1, 0.15) is 29.6 Å². The van der Waals surface area contributed by atoms with Crippen molar-refractivity contribution in [2.45, 2.75) is 25.3 Å². The number of benzene rings is 1. The van der Waals surface area contributed by atoms with Gasteiger partial charge in [0.2, 0.25) is 0 Å². The van der Waals surface area contributed by atoms with Crippen LogP contribution in [0.15, 0.2) is 18.2 Å². The number of halogens is 1. The van der Waals surface area contributed by atoms with Crippen LogP contribution < -0.4 is 10.6 Å². The van der Waals surface area contributed by atoms with Crippen LogP contribution in [0.5, 0.6) is 0 Å². The second-order valence-electron chi connectivity index (χ2n) is 4.76. The van der Waals surface area contributed by atoms with Crippen molar-refractivity contribution in [3.05, 3.63) is 38.9 Å². The normalized spacial score (nSPS) is 17.9. The summed E-state index contributed by atoms with van der Waals surface area (Å²) in [4.78, 5) is 22.3. The van der Waals surface area contributed by atoms with Gasteiger partial charge in [0, 0.05) is 23.7 Å². The Balaban J connectivity index is 1.96. The van der Waals surface area contributed by atoms with E-state index in [4.69, 9.17) is 11.6 Å². The van der Waals surface area contributed by atoms with Crippen LogP contribution in [0.2, 0.25) is 5.02 Å². The SMILES string of the molecule is O=C(NCCC1CCCN1)c1ccc(Cl)cc1[N+](=O)[O-]. The van der Waals surface area contributed by atoms with Crippen LogP contribution in [0.25, 0.3) is 0 Å². The van der Waals surface area contributed by atoms with E-state index in [0.29, 0.717) is 12.6 Å². The molecule has 0 aliphatic carbocycles. The minimum Gasteiger partial charge on any atom is -0.352 e. The summed E-state index contributed by atoms with van der Waals surface area (Å²) in [5.74, 6) is -0.439. The standard InChI is InChI=1S/C13H16ClN3O3/c14-9-3-4-11(12(8-9)17(19)20)13(18)16-7-5-10-2-1-6-15-10/h3-4,8,10,15H,1-2,5-7H2,(H,16,18). The number of nitro benzene ring substituents is 1. The largest absolute Gasteiger partial charge is 0.352 e. The quantitative estimate of drug-likeness (QED) is 0.644. The second-order valence-corrected chi connectivity index (χ2v) is 5.19. The number of amides is 1. The van der Waals surface area contributed by atoms with Crippen LogP contribution in [0.4, 0.5) is 5.69 Å². The van der Waals surface area contributed by atoms with E-state index < -0.39 is 10.8 Å². The van der Waals surface area contributed by atoms with Gasteiger partial charge in [-0.1, -0.05) is 11.6 Å². The zero-order chi connectivity index (χ0) is 14.5. The molecule has 2 rings (SSSR count). The molecule has 1 unspecified atom stereocenters. The van der Waals surface area contributed by atoms with Crippen LogP contribution >= 0.6 is 11.6 Å². The predicted octanol–water partition coefficient (Wildman–Crippen LogP) is 2.12. The zero-order valence-electron chi connectivity index (χ0n) is 10.9. The van der Waals surface area contributed by atoms with E-state index in [0.717, 1.165) is 25.8 Å². The molecule has 1 heterocycles. The summed E-state index contributed by atoms with van der Waals surface area (Å²) in [5.41, 5.74) is -0.229. The molecule has 0 spiro atoms. The van der Waals surface area contributed by atoms with E-state index in [1.807, 2.05) is 0 Å². The number of hydrogen-bond acceptors (Lipinski definition) is 4. The van der Waals surface area contributed by atoms with Gasteiger partial charge >= 0.3 is 0 Å². The molecular formula is C13H16ClN3O3. The zero-order valence-corrected chi connectivity index (χ0v) is 11.7. The number of carbonyl (C=O) groups excluding carboxylic acids is 1. The third kappa shape index (κ3) is 3.68. The summed E-state index contributed by atoms with van der Waals surface area (Å²) >= 11 is 5.71. The molecule has 20 heavy (non-hydrogen) atoms. The topological polar surface area (TPSA) is 84.3 Å². The lowest BCUT2D eigenvalue weighted by Gasteiger charge is -2.10. The first-order chi connectivity index (χ1) is 9.58. The molecule has 108 valence electrons. The van der Waals surface area contributed by atoms with Crippen molar-refractivity contribution >= 4 is 23.2 Å². The third-order valence-electron chi connectivity index (χ3n) is 3.34. The lowest BCUT2D eigenvalue weighted by Crippen LogP contribution is -2.30. The molecule has 1 aromatic carbocycles. The van der Waals surface area contributed by atoms with Gasteiger partial charge < -0.3 is 10.6 Å². The summed E-state index contributed by atoms with van der Waals surface area (Å²) in [5, 5.41) is 17.2. The number of nitrogens with one attached hydrogen (secondary N) is 2. The third-order valence-corrected chi connectivity index (χ3v) is 3.58. The van der Waals surface area contributed by atoms with Crippen molar-refractivity contribution < 1.29 is 9.72 Å². The van der Waals surface area contributed by atoms with Gasteiger partial charge in [-0.3, -0.25) is 14.9 Å². The maximum absolute atomic E-state index is 12.0. The molecule has 1 fully saturated rings. The molecule has 1 amide bonds. The average molecular weight is 298 g/mol. The highest BCUT2D eigenvalue weighted by Crippen LogP contribution is 2.23. The lowest BCUT2D eigenvalue weighted by molar-refractivity contribution is -0.385. The Morgan fingerprint density at radius 3 is 3.00 bits per heavy atom. The van der Waals surface area contributed by atoms with E-state index in [-0.39, 0.29) is 16.3 Å². The highest BCUT2D eigenvalue weighted by molar-refractivity contribution is 6.31. The van der Waals surface area contributed by atoms with Crippen LogP contribution in [-0.2, 0) is 0 Å². The van der Waals surface area contributed by atoms with Gasteiger partial charge in [0.25, 0.3) is 11.6 Å². The van der Waals surface area contributed by atoms with E-state index in [9.17, 15) is 14.9 Å². The van der Waals surface area contributed by atoms with Crippen LogP contribution in [-0.4, -0.2) is 30.0 Å². The molecule has 0 radical (unpaired) electrons. The van der Waals surface area contributed by atoms with E-state index >= 15 is 0 Å². The summed E-state index contributed by atoms with van der Waals surface area (Å²) in [6.07, 6.45) is 3.09. The van der Waals surface area contributed by atoms with E-state index in [2.05, 4.69) is 10.6 Å². The Kier molecular flexibility index (Phi) is 4.92. The summed E-state index contributed by atoms with van der Waals surface area (Å²) < 4.78 is 0. The van der Waals surface area contributed by atoms with Crippen LogP contribution in [0, 0.1) is 10.1 Å². The molecule has 1 aromatic rings. The summed E-state index contributed by atoms with van der Waals surface area (Å²) in [6.45, 7) is 1.51.